The second-order valence-electron chi connectivity index (χ2n) is 4.58. The zero-order chi connectivity index (χ0) is 14.5. The fourth-order valence-electron chi connectivity index (χ4n) is 1.78. The summed E-state index contributed by atoms with van der Waals surface area (Å²) in [5.41, 5.74) is 0.993. The van der Waals surface area contributed by atoms with Crippen LogP contribution in [0.25, 0.3) is 5.65 Å². The molecule has 6 nitrogen and oxygen atoms in total. The minimum Gasteiger partial charge on any atom is -0.354 e. The van der Waals surface area contributed by atoms with E-state index in [-0.39, 0.29) is 11.8 Å². The lowest BCUT2D eigenvalue weighted by Gasteiger charge is -2.12. The first-order valence-corrected chi connectivity index (χ1v) is 6.64. The van der Waals surface area contributed by atoms with Crippen LogP contribution in [-0.4, -0.2) is 33.8 Å². The number of imidazole rings is 1. The van der Waals surface area contributed by atoms with Gasteiger partial charge >= 0.3 is 0 Å². The third-order valence-corrected chi connectivity index (χ3v) is 2.89. The van der Waals surface area contributed by atoms with Crippen molar-refractivity contribution in [2.75, 3.05) is 6.54 Å². The first kappa shape index (κ1) is 14.0. The van der Waals surface area contributed by atoms with Crippen LogP contribution in [0.1, 0.15) is 30.8 Å². The van der Waals surface area contributed by atoms with Gasteiger partial charge in [-0.15, -0.1) is 0 Å². The molecule has 1 unspecified atom stereocenters. The minimum atomic E-state index is -0.584. The van der Waals surface area contributed by atoms with Crippen LogP contribution in [0, 0.1) is 0 Å². The van der Waals surface area contributed by atoms with E-state index in [1.807, 2.05) is 31.3 Å². The Morgan fingerprint density at radius 3 is 2.90 bits per heavy atom. The van der Waals surface area contributed by atoms with Gasteiger partial charge in [0, 0.05) is 18.9 Å². The summed E-state index contributed by atoms with van der Waals surface area (Å²) in [7, 11) is 0. The SMILES string of the molecule is CCCNC(=O)C(C)NC(=O)c1cn2ccccc2n1. The number of carbonyl (C=O) groups is 2. The van der Waals surface area contributed by atoms with Crippen molar-refractivity contribution in [3.8, 4) is 0 Å². The van der Waals surface area contributed by atoms with Gasteiger partial charge in [-0.25, -0.2) is 4.98 Å². The molecule has 0 bridgehead atoms. The number of pyridine rings is 1. The summed E-state index contributed by atoms with van der Waals surface area (Å²) in [6.07, 6.45) is 4.32. The second-order valence-corrected chi connectivity index (χ2v) is 4.58. The molecule has 0 saturated carbocycles. The van der Waals surface area contributed by atoms with E-state index in [0.29, 0.717) is 17.9 Å². The van der Waals surface area contributed by atoms with E-state index in [2.05, 4.69) is 15.6 Å². The molecule has 106 valence electrons. The van der Waals surface area contributed by atoms with Crippen molar-refractivity contribution in [3.05, 3.63) is 36.3 Å². The molecule has 0 spiro atoms. The third-order valence-electron chi connectivity index (χ3n) is 2.89. The van der Waals surface area contributed by atoms with E-state index in [9.17, 15) is 9.59 Å². The molecule has 0 fully saturated rings. The molecule has 2 N–H and O–H groups in total. The van der Waals surface area contributed by atoms with Gasteiger partial charge in [0.05, 0.1) is 0 Å². The number of carbonyl (C=O) groups excluding carboxylic acids is 2. The number of fused-ring (bicyclic) bond motifs is 1. The Morgan fingerprint density at radius 1 is 1.40 bits per heavy atom. The van der Waals surface area contributed by atoms with E-state index in [4.69, 9.17) is 0 Å². The molecule has 0 aliphatic heterocycles. The maximum Gasteiger partial charge on any atom is 0.272 e. The van der Waals surface area contributed by atoms with Gasteiger partial charge in [0.1, 0.15) is 17.4 Å². The molecule has 1 atom stereocenters. The van der Waals surface area contributed by atoms with Crippen LogP contribution in [0.2, 0.25) is 0 Å². The summed E-state index contributed by atoms with van der Waals surface area (Å²) in [5, 5.41) is 5.38. The zero-order valence-corrected chi connectivity index (χ0v) is 11.6. The van der Waals surface area contributed by atoms with Crippen molar-refractivity contribution in [1.29, 1.82) is 0 Å². The average molecular weight is 274 g/mol. The quantitative estimate of drug-likeness (QED) is 0.853. The maximum atomic E-state index is 12.0. The Kier molecular flexibility index (Phi) is 4.34. The highest BCUT2D eigenvalue weighted by Gasteiger charge is 2.17. The Morgan fingerprint density at radius 2 is 2.20 bits per heavy atom. The van der Waals surface area contributed by atoms with E-state index in [1.54, 1.807) is 17.5 Å². The van der Waals surface area contributed by atoms with Crippen molar-refractivity contribution in [1.82, 2.24) is 20.0 Å². The highest BCUT2D eigenvalue weighted by atomic mass is 16.2. The fraction of sp³-hybridized carbons (Fsp3) is 0.357. The van der Waals surface area contributed by atoms with E-state index in [0.717, 1.165) is 6.42 Å². The average Bonchev–Trinajstić information content (AvgIpc) is 2.88. The van der Waals surface area contributed by atoms with Crippen LogP contribution in [0.3, 0.4) is 0 Å². The lowest BCUT2D eigenvalue weighted by atomic mass is 10.3. The molecule has 2 rings (SSSR count). The zero-order valence-electron chi connectivity index (χ0n) is 11.6. The topological polar surface area (TPSA) is 75.5 Å². The van der Waals surface area contributed by atoms with Crippen LogP contribution in [0.5, 0.6) is 0 Å². The standard InChI is InChI=1S/C14H18N4O2/c1-3-7-15-13(19)10(2)16-14(20)11-9-18-8-5-4-6-12(18)17-11/h4-6,8-10H,3,7H2,1-2H3,(H,15,19)(H,16,20). The summed E-state index contributed by atoms with van der Waals surface area (Å²) in [6.45, 7) is 4.23. The van der Waals surface area contributed by atoms with Gasteiger partial charge in [-0.3, -0.25) is 9.59 Å². The van der Waals surface area contributed by atoms with E-state index in [1.165, 1.54) is 0 Å². The summed E-state index contributed by atoms with van der Waals surface area (Å²) in [4.78, 5) is 27.9. The molecule has 2 amide bonds. The number of hydrogen-bond donors (Lipinski definition) is 2. The summed E-state index contributed by atoms with van der Waals surface area (Å²) in [6, 6.07) is 4.94. The van der Waals surface area contributed by atoms with Crippen LogP contribution in [0.4, 0.5) is 0 Å². The number of aromatic nitrogens is 2. The lowest BCUT2D eigenvalue weighted by molar-refractivity contribution is -0.122. The Hall–Kier alpha value is -2.37. The Labute approximate surface area is 117 Å². The molecule has 0 radical (unpaired) electrons. The number of rotatable bonds is 5. The molecule has 2 aromatic rings. The van der Waals surface area contributed by atoms with Gasteiger partial charge in [-0.2, -0.15) is 0 Å². The molecule has 2 aromatic heterocycles. The molecule has 0 aliphatic rings. The van der Waals surface area contributed by atoms with Crippen molar-refractivity contribution in [2.45, 2.75) is 26.3 Å². The molecule has 6 heteroatoms. The van der Waals surface area contributed by atoms with Gasteiger partial charge in [0.15, 0.2) is 0 Å². The van der Waals surface area contributed by atoms with Crippen LogP contribution < -0.4 is 10.6 Å². The summed E-state index contributed by atoms with van der Waals surface area (Å²) >= 11 is 0. The number of hydrogen-bond acceptors (Lipinski definition) is 3. The van der Waals surface area contributed by atoms with Gasteiger partial charge in [-0.1, -0.05) is 13.0 Å². The number of nitrogens with one attached hydrogen (secondary N) is 2. The van der Waals surface area contributed by atoms with Crippen LogP contribution in [-0.2, 0) is 4.79 Å². The largest absolute Gasteiger partial charge is 0.354 e. The third kappa shape index (κ3) is 3.14. The molecule has 20 heavy (non-hydrogen) atoms. The highest BCUT2D eigenvalue weighted by molar-refractivity contribution is 5.96. The smallest absolute Gasteiger partial charge is 0.272 e. The van der Waals surface area contributed by atoms with E-state index < -0.39 is 6.04 Å². The van der Waals surface area contributed by atoms with Gasteiger partial charge in [0.2, 0.25) is 5.91 Å². The van der Waals surface area contributed by atoms with Crippen LogP contribution >= 0.6 is 0 Å². The highest BCUT2D eigenvalue weighted by Crippen LogP contribution is 2.04. The monoisotopic (exact) mass is 274 g/mol. The molecular formula is C14H18N4O2. The molecule has 2 heterocycles. The molecule has 0 aromatic carbocycles. The predicted octanol–water partition coefficient (Wildman–Crippen LogP) is 0.979. The predicted molar refractivity (Wildman–Crippen MR) is 75.4 cm³/mol. The van der Waals surface area contributed by atoms with Gasteiger partial charge in [0.25, 0.3) is 5.91 Å². The van der Waals surface area contributed by atoms with Crippen molar-refractivity contribution < 1.29 is 9.59 Å². The summed E-state index contributed by atoms with van der Waals surface area (Å²) < 4.78 is 1.76. The first-order valence-electron chi connectivity index (χ1n) is 6.64. The van der Waals surface area contributed by atoms with Crippen LogP contribution in [0.15, 0.2) is 30.6 Å². The van der Waals surface area contributed by atoms with Gasteiger partial charge < -0.3 is 15.0 Å². The minimum absolute atomic E-state index is 0.191. The molecular weight excluding hydrogens is 256 g/mol. The lowest BCUT2D eigenvalue weighted by Crippen LogP contribution is -2.45. The maximum absolute atomic E-state index is 12.0. The summed E-state index contributed by atoms with van der Waals surface area (Å²) in [5.74, 6) is -0.545. The van der Waals surface area contributed by atoms with E-state index >= 15 is 0 Å². The normalized spacial score (nSPS) is 12.1. The van der Waals surface area contributed by atoms with Crippen molar-refractivity contribution in [3.63, 3.8) is 0 Å². The molecule has 0 saturated heterocycles. The second kappa shape index (κ2) is 6.18. The Balaban J connectivity index is 2.02. The molecule has 0 aliphatic carbocycles. The number of amides is 2. The first-order chi connectivity index (χ1) is 9.61. The fourth-order valence-corrected chi connectivity index (χ4v) is 1.78. The van der Waals surface area contributed by atoms with Crippen molar-refractivity contribution >= 4 is 17.5 Å². The Bertz CT molecular complexity index is 587. The van der Waals surface area contributed by atoms with Gasteiger partial charge in [-0.05, 0) is 25.5 Å². The van der Waals surface area contributed by atoms with Crippen molar-refractivity contribution in [2.24, 2.45) is 0 Å². The number of nitrogens with zero attached hydrogens (tertiary/aromatic N) is 2.